The van der Waals surface area contributed by atoms with E-state index in [1.54, 1.807) is 6.20 Å². The van der Waals surface area contributed by atoms with Crippen LogP contribution in [0.15, 0.2) is 30.5 Å². The molecular weight excluding hydrogens is 472 g/mol. The Balaban J connectivity index is 0.00000324. The first-order valence-electron chi connectivity index (χ1n) is 10.3. The van der Waals surface area contributed by atoms with Gasteiger partial charge < -0.3 is 10.2 Å². The average molecular weight is 497 g/mol. The van der Waals surface area contributed by atoms with Crippen LogP contribution in [0.1, 0.15) is 35.1 Å². The molecule has 1 amide bonds. The van der Waals surface area contributed by atoms with Gasteiger partial charge in [-0.15, -0.1) is 5.10 Å². The van der Waals surface area contributed by atoms with E-state index in [-0.39, 0.29) is 37.6 Å². The van der Waals surface area contributed by atoms with Crippen LogP contribution in [0.3, 0.4) is 0 Å². The molecule has 0 saturated carbocycles. The molecule has 34 heavy (non-hydrogen) atoms. The number of halogens is 4. The molecular formula is C22H24F4N6OS. The minimum Gasteiger partial charge on any atom is -0.361 e. The van der Waals surface area contributed by atoms with Crippen LogP contribution < -0.4 is 10.2 Å². The molecule has 0 aliphatic carbocycles. The highest BCUT2D eigenvalue weighted by atomic mass is 32.1. The van der Waals surface area contributed by atoms with Crippen LogP contribution in [-0.2, 0) is 30.4 Å². The average Bonchev–Trinajstić information content (AvgIpc) is 3.18. The van der Waals surface area contributed by atoms with Crippen LogP contribution in [-0.4, -0.2) is 39.0 Å². The van der Waals surface area contributed by atoms with Crippen molar-refractivity contribution in [2.75, 3.05) is 17.3 Å². The zero-order valence-electron chi connectivity index (χ0n) is 18.7. The van der Waals surface area contributed by atoms with Gasteiger partial charge in [-0.1, -0.05) is 5.21 Å². The number of aromatic nitrogens is 4. The Morgan fingerprint density at radius 2 is 1.85 bits per heavy atom. The van der Waals surface area contributed by atoms with Crippen molar-refractivity contribution in [3.63, 3.8) is 0 Å². The third kappa shape index (κ3) is 5.16. The van der Waals surface area contributed by atoms with Crippen LogP contribution in [0, 0.1) is 12.7 Å². The van der Waals surface area contributed by atoms with Crippen LogP contribution >= 0.6 is 13.5 Å². The number of pyridine rings is 1. The molecule has 0 unspecified atom stereocenters. The van der Waals surface area contributed by atoms with Gasteiger partial charge in [0, 0.05) is 18.9 Å². The van der Waals surface area contributed by atoms with Crippen LogP contribution in [0.4, 0.5) is 28.9 Å². The van der Waals surface area contributed by atoms with Gasteiger partial charge in [-0.05, 0) is 56.5 Å². The van der Waals surface area contributed by atoms with E-state index >= 15 is 0 Å². The predicted octanol–water partition coefficient (Wildman–Crippen LogP) is 3.86. The zero-order chi connectivity index (χ0) is 23.9. The van der Waals surface area contributed by atoms with Crippen LogP contribution in [0.25, 0.3) is 0 Å². The molecule has 0 radical (unpaired) electrons. The Morgan fingerprint density at radius 3 is 2.56 bits per heavy atom. The molecule has 7 nitrogen and oxygen atoms in total. The summed E-state index contributed by atoms with van der Waals surface area (Å²) in [6.45, 7) is 3.38. The number of rotatable bonds is 5. The molecule has 1 aromatic carbocycles. The Bertz CT molecular complexity index is 1210. The number of hydrogen-bond acceptors (Lipinski definition) is 5. The number of alkyl halides is 3. The fourth-order valence-electron chi connectivity index (χ4n) is 3.82. The topological polar surface area (TPSA) is 75.9 Å². The van der Waals surface area contributed by atoms with Gasteiger partial charge in [0.15, 0.2) is 0 Å². The highest BCUT2D eigenvalue weighted by Gasteiger charge is 2.33. The molecule has 12 heteroatoms. The number of carbonyl (C=O) groups is 1. The lowest BCUT2D eigenvalue weighted by molar-refractivity contribution is -0.138. The molecule has 1 N–H and O–H groups in total. The summed E-state index contributed by atoms with van der Waals surface area (Å²) in [6, 6.07) is 3.98. The molecule has 3 heterocycles. The van der Waals surface area contributed by atoms with E-state index in [0.29, 0.717) is 29.9 Å². The molecule has 1 aliphatic heterocycles. The quantitative estimate of drug-likeness (QED) is 0.543. The standard InChI is InChI=1S/C22H22F4N6O.H2S/c1-12-20-19(31(3)13(2)21(33)28-20)9-16(27-12)5-6-17-11-32(30-29-17)10-14-8-15(23)4-7-18(14)22(24,25)26;/h4,7-9,11,13H,5-6,10H2,1-3H3,(H,28,33);1H2/t13-;/m0./s1. The number of likely N-dealkylation sites (N-methyl/N-ethyl adjacent to an activating group) is 1. The Morgan fingerprint density at radius 1 is 1.15 bits per heavy atom. The first-order chi connectivity index (χ1) is 15.5. The van der Waals surface area contributed by atoms with Crippen molar-refractivity contribution in [2.45, 2.75) is 45.5 Å². The molecule has 0 spiro atoms. The smallest absolute Gasteiger partial charge is 0.361 e. The number of aryl methyl sites for hydroxylation is 3. The number of nitrogens with one attached hydrogen (secondary N) is 1. The molecule has 2 aromatic heterocycles. The largest absolute Gasteiger partial charge is 0.416 e. The predicted molar refractivity (Wildman–Crippen MR) is 124 cm³/mol. The number of carbonyl (C=O) groups excluding carboxylic acids is 1. The van der Waals surface area contributed by atoms with Crippen molar-refractivity contribution in [2.24, 2.45) is 0 Å². The Kier molecular flexibility index (Phi) is 7.20. The van der Waals surface area contributed by atoms with Gasteiger partial charge in [-0.25, -0.2) is 9.07 Å². The zero-order valence-corrected chi connectivity index (χ0v) is 19.7. The van der Waals surface area contributed by atoms with Gasteiger partial charge in [0.2, 0.25) is 5.91 Å². The first kappa shape index (κ1) is 25.5. The molecule has 0 fully saturated rings. The SMILES string of the molecule is Cc1nc(CCc2cn(Cc3cc(F)ccc3C(F)(F)F)nn2)cc2c1NC(=O)[C@H](C)N2C.S. The number of hydrogen-bond donors (Lipinski definition) is 1. The highest BCUT2D eigenvalue weighted by Crippen LogP contribution is 2.34. The molecule has 0 bridgehead atoms. The molecule has 3 aromatic rings. The van der Waals surface area contributed by atoms with Gasteiger partial charge in [0.05, 0.1) is 34.9 Å². The maximum atomic E-state index is 13.5. The summed E-state index contributed by atoms with van der Waals surface area (Å²) in [6.07, 6.45) is -2.06. The van der Waals surface area contributed by atoms with E-state index in [1.807, 2.05) is 31.9 Å². The van der Waals surface area contributed by atoms with Gasteiger partial charge in [0.25, 0.3) is 0 Å². The maximum absolute atomic E-state index is 13.5. The van der Waals surface area contributed by atoms with E-state index < -0.39 is 17.6 Å². The fraction of sp³-hybridized carbons (Fsp3) is 0.364. The summed E-state index contributed by atoms with van der Waals surface area (Å²) >= 11 is 0. The molecule has 182 valence electrons. The van der Waals surface area contributed by atoms with E-state index in [1.165, 1.54) is 4.68 Å². The minimum absolute atomic E-state index is 0. The lowest BCUT2D eigenvalue weighted by Gasteiger charge is -2.34. The second-order valence-electron chi connectivity index (χ2n) is 8.08. The highest BCUT2D eigenvalue weighted by molar-refractivity contribution is 7.59. The van der Waals surface area contributed by atoms with Crippen LogP contribution in [0.2, 0.25) is 0 Å². The second-order valence-corrected chi connectivity index (χ2v) is 8.08. The Labute approximate surface area is 200 Å². The van der Waals surface area contributed by atoms with Gasteiger partial charge >= 0.3 is 6.18 Å². The van der Waals surface area contributed by atoms with Crippen molar-refractivity contribution in [1.82, 2.24) is 20.0 Å². The number of amides is 1. The van der Waals surface area contributed by atoms with Crippen molar-refractivity contribution in [3.8, 4) is 0 Å². The van der Waals surface area contributed by atoms with Gasteiger partial charge in [0.1, 0.15) is 11.9 Å². The van der Waals surface area contributed by atoms with Crippen molar-refractivity contribution in [1.29, 1.82) is 0 Å². The van der Waals surface area contributed by atoms with E-state index in [0.717, 1.165) is 29.6 Å². The summed E-state index contributed by atoms with van der Waals surface area (Å²) in [5, 5.41) is 10.8. The van der Waals surface area contributed by atoms with E-state index in [4.69, 9.17) is 0 Å². The molecule has 4 rings (SSSR count). The number of benzene rings is 1. The number of fused-ring (bicyclic) bond motifs is 1. The molecule has 1 aliphatic rings. The lowest BCUT2D eigenvalue weighted by atomic mass is 10.1. The Hall–Kier alpha value is -3.15. The minimum atomic E-state index is -4.59. The van der Waals surface area contributed by atoms with E-state index in [9.17, 15) is 22.4 Å². The number of nitrogens with zero attached hydrogens (tertiary/aromatic N) is 5. The summed E-state index contributed by atoms with van der Waals surface area (Å²) in [5.74, 6) is -0.839. The normalized spacial score (nSPS) is 15.6. The third-order valence-electron chi connectivity index (χ3n) is 5.75. The van der Waals surface area contributed by atoms with Crippen molar-refractivity contribution in [3.05, 3.63) is 64.5 Å². The summed E-state index contributed by atoms with van der Waals surface area (Å²) < 4.78 is 54.5. The van der Waals surface area contributed by atoms with Gasteiger partial charge in [-0.3, -0.25) is 9.78 Å². The molecule has 0 saturated heterocycles. The summed E-state index contributed by atoms with van der Waals surface area (Å²) in [5.41, 5.74) is 2.51. The van der Waals surface area contributed by atoms with E-state index in [2.05, 4.69) is 20.6 Å². The monoisotopic (exact) mass is 496 g/mol. The summed E-state index contributed by atoms with van der Waals surface area (Å²) in [7, 11) is 1.85. The maximum Gasteiger partial charge on any atom is 0.416 e. The fourth-order valence-corrected chi connectivity index (χ4v) is 3.82. The number of anilines is 2. The van der Waals surface area contributed by atoms with Crippen molar-refractivity contribution < 1.29 is 22.4 Å². The third-order valence-corrected chi connectivity index (χ3v) is 5.75. The first-order valence-corrected chi connectivity index (χ1v) is 10.3. The van der Waals surface area contributed by atoms with Gasteiger partial charge in [-0.2, -0.15) is 26.7 Å². The molecule has 1 atom stereocenters. The van der Waals surface area contributed by atoms with Crippen LogP contribution in [0.5, 0.6) is 0 Å². The van der Waals surface area contributed by atoms with Crippen molar-refractivity contribution >= 4 is 30.8 Å². The lowest BCUT2D eigenvalue weighted by Crippen LogP contribution is -2.44. The second kappa shape index (κ2) is 9.61. The summed E-state index contributed by atoms with van der Waals surface area (Å²) in [4.78, 5) is 18.5.